The summed E-state index contributed by atoms with van der Waals surface area (Å²) in [7, 11) is 1.78. The third-order valence-electron chi connectivity index (χ3n) is 3.22. The first kappa shape index (κ1) is 13.1. The van der Waals surface area contributed by atoms with Crippen molar-refractivity contribution in [3.05, 3.63) is 51.2 Å². The lowest BCUT2D eigenvalue weighted by Crippen LogP contribution is -2.26. The number of carboxylic acid groups (broad SMARTS) is 1. The first-order chi connectivity index (χ1) is 8.91. The van der Waals surface area contributed by atoms with Crippen LogP contribution in [0.25, 0.3) is 0 Å². The number of aromatic carboxylic acids is 1. The summed E-state index contributed by atoms with van der Waals surface area (Å²) in [4.78, 5) is 23.3. The first-order valence-corrected chi connectivity index (χ1v) is 5.83. The van der Waals surface area contributed by atoms with Crippen LogP contribution in [0.1, 0.15) is 27.3 Å². The average Bonchev–Trinajstić information content (AvgIpc) is 2.69. The van der Waals surface area contributed by atoms with Gasteiger partial charge in [0.15, 0.2) is 0 Å². The molecule has 0 aliphatic carbocycles. The van der Waals surface area contributed by atoms with Gasteiger partial charge in [-0.25, -0.2) is 4.79 Å². The fourth-order valence-corrected chi connectivity index (χ4v) is 2.16. The highest BCUT2D eigenvalue weighted by molar-refractivity contribution is 5.90. The van der Waals surface area contributed by atoms with Crippen molar-refractivity contribution >= 4 is 5.97 Å². The lowest BCUT2D eigenvalue weighted by Gasteiger charge is -2.14. The molecule has 2 rings (SSSR count). The molecule has 0 atom stereocenters. The van der Waals surface area contributed by atoms with Gasteiger partial charge >= 0.3 is 5.97 Å². The second-order valence-corrected chi connectivity index (χ2v) is 4.46. The summed E-state index contributed by atoms with van der Waals surface area (Å²) in [6.45, 7) is 3.59. The van der Waals surface area contributed by atoms with Crippen LogP contribution in [-0.2, 0) is 13.6 Å². The van der Waals surface area contributed by atoms with E-state index in [0.717, 1.165) is 5.69 Å². The second-order valence-electron chi connectivity index (χ2n) is 4.46. The lowest BCUT2D eigenvalue weighted by atomic mass is 10.1. The van der Waals surface area contributed by atoms with E-state index in [9.17, 15) is 14.7 Å². The summed E-state index contributed by atoms with van der Waals surface area (Å²) >= 11 is 0. The molecule has 6 heteroatoms. The Labute approximate surface area is 109 Å². The predicted molar refractivity (Wildman–Crippen MR) is 69.4 cm³/mol. The van der Waals surface area contributed by atoms with E-state index in [1.54, 1.807) is 37.8 Å². The lowest BCUT2D eigenvalue weighted by molar-refractivity contribution is 0.0694. The van der Waals surface area contributed by atoms with Crippen LogP contribution in [0.4, 0.5) is 0 Å². The number of aromatic nitrogens is 3. The van der Waals surface area contributed by atoms with Gasteiger partial charge in [-0.2, -0.15) is 5.10 Å². The summed E-state index contributed by atoms with van der Waals surface area (Å²) in [6, 6.07) is 3.15. The van der Waals surface area contributed by atoms with Crippen molar-refractivity contribution in [3.8, 4) is 0 Å². The zero-order chi connectivity index (χ0) is 14.2. The molecule has 0 bridgehead atoms. The minimum absolute atomic E-state index is 0.182. The molecule has 2 aromatic heterocycles. The van der Waals surface area contributed by atoms with Gasteiger partial charge in [-0.15, -0.1) is 0 Å². The van der Waals surface area contributed by atoms with E-state index in [0.29, 0.717) is 17.8 Å². The minimum Gasteiger partial charge on any atom is -0.478 e. The minimum atomic E-state index is -1.02. The Kier molecular flexibility index (Phi) is 3.25. The molecule has 0 aliphatic rings. The summed E-state index contributed by atoms with van der Waals surface area (Å²) in [5, 5.41) is 13.2. The van der Waals surface area contributed by atoms with Gasteiger partial charge in [0.05, 0.1) is 17.8 Å². The molecule has 0 unspecified atom stereocenters. The van der Waals surface area contributed by atoms with Crippen LogP contribution in [0.15, 0.2) is 23.1 Å². The fraction of sp³-hybridized carbons (Fsp3) is 0.308. The molecule has 2 heterocycles. The van der Waals surface area contributed by atoms with Crippen molar-refractivity contribution in [2.24, 2.45) is 7.05 Å². The highest BCUT2D eigenvalue weighted by Crippen LogP contribution is 2.12. The number of hydrogen-bond acceptors (Lipinski definition) is 3. The van der Waals surface area contributed by atoms with Crippen molar-refractivity contribution in [2.45, 2.75) is 20.4 Å². The van der Waals surface area contributed by atoms with Crippen LogP contribution in [0.5, 0.6) is 0 Å². The third kappa shape index (κ3) is 2.29. The molecule has 0 fully saturated rings. The topological polar surface area (TPSA) is 77.1 Å². The Morgan fingerprint density at radius 1 is 1.42 bits per heavy atom. The van der Waals surface area contributed by atoms with Crippen molar-refractivity contribution in [1.29, 1.82) is 0 Å². The summed E-state index contributed by atoms with van der Waals surface area (Å²) < 4.78 is 3.11. The van der Waals surface area contributed by atoms with Crippen molar-refractivity contribution in [3.63, 3.8) is 0 Å². The number of carboxylic acids is 1. The van der Waals surface area contributed by atoms with E-state index in [4.69, 9.17) is 0 Å². The first-order valence-electron chi connectivity index (χ1n) is 5.83. The maximum atomic E-state index is 12.0. The van der Waals surface area contributed by atoms with Gasteiger partial charge < -0.3 is 9.67 Å². The molecular weight excluding hydrogens is 246 g/mol. The van der Waals surface area contributed by atoms with E-state index in [1.807, 2.05) is 0 Å². The fourth-order valence-electron chi connectivity index (χ4n) is 2.16. The average molecular weight is 261 g/mol. The van der Waals surface area contributed by atoms with E-state index in [-0.39, 0.29) is 11.1 Å². The molecule has 100 valence electrons. The largest absolute Gasteiger partial charge is 0.478 e. The second kappa shape index (κ2) is 4.72. The Bertz CT molecular complexity index is 698. The van der Waals surface area contributed by atoms with Gasteiger partial charge in [-0.3, -0.25) is 9.48 Å². The van der Waals surface area contributed by atoms with Crippen molar-refractivity contribution < 1.29 is 9.90 Å². The molecule has 6 nitrogen and oxygen atoms in total. The number of carbonyl (C=O) groups is 1. The van der Waals surface area contributed by atoms with Gasteiger partial charge in [-0.1, -0.05) is 0 Å². The number of pyridine rings is 1. The Balaban J connectivity index is 2.58. The molecule has 0 aromatic carbocycles. The highest BCUT2D eigenvalue weighted by Gasteiger charge is 2.16. The van der Waals surface area contributed by atoms with Crippen LogP contribution in [-0.4, -0.2) is 25.4 Å². The normalized spacial score (nSPS) is 10.7. The molecule has 0 aliphatic heterocycles. The number of aryl methyl sites for hydroxylation is 2. The molecular formula is C13H15N3O3. The Morgan fingerprint density at radius 2 is 2.11 bits per heavy atom. The Hall–Kier alpha value is -2.37. The van der Waals surface area contributed by atoms with E-state index in [1.165, 1.54) is 10.6 Å². The zero-order valence-electron chi connectivity index (χ0n) is 11.0. The maximum absolute atomic E-state index is 12.0. The third-order valence-corrected chi connectivity index (χ3v) is 3.22. The quantitative estimate of drug-likeness (QED) is 0.892. The maximum Gasteiger partial charge on any atom is 0.337 e. The number of rotatable bonds is 3. The van der Waals surface area contributed by atoms with Crippen LogP contribution in [0, 0.1) is 13.8 Å². The molecule has 19 heavy (non-hydrogen) atoms. The van der Waals surface area contributed by atoms with E-state index < -0.39 is 5.97 Å². The molecule has 0 radical (unpaired) electrons. The highest BCUT2D eigenvalue weighted by atomic mass is 16.4. The van der Waals surface area contributed by atoms with Crippen molar-refractivity contribution in [2.75, 3.05) is 0 Å². The van der Waals surface area contributed by atoms with E-state index in [2.05, 4.69) is 5.10 Å². The monoisotopic (exact) mass is 261 g/mol. The van der Waals surface area contributed by atoms with Gasteiger partial charge in [0.25, 0.3) is 5.56 Å². The van der Waals surface area contributed by atoms with Crippen molar-refractivity contribution in [1.82, 2.24) is 14.3 Å². The molecule has 0 spiro atoms. The summed E-state index contributed by atoms with van der Waals surface area (Å²) in [5.74, 6) is -1.02. The summed E-state index contributed by atoms with van der Waals surface area (Å²) in [5.41, 5.74) is 1.75. The number of nitrogens with zero attached hydrogens (tertiary/aromatic N) is 3. The van der Waals surface area contributed by atoms with Crippen LogP contribution in [0.2, 0.25) is 0 Å². The molecule has 0 saturated carbocycles. The van der Waals surface area contributed by atoms with Crippen LogP contribution in [0.3, 0.4) is 0 Å². The van der Waals surface area contributed by atoms with Gasteiger partial charge in [0, 0.05) is 25.0 Å². The number of hydrogen-bond donors (Lipinski definition) is 1. The molecule has 0 saturated heterocycles. The van der Waals surface area contributed by atoms with Gasteiger partial charge in [0.2, 0.25) is 0 Å². The van der Waals surface area contributed by atoms with Gasteiger partial charge in [-0.05, 0) is 25.5 Å². The smallest absolute Gasteiger partial charge is 0.337 e. The van der Waals surface area contributed by atoms with Crippen LogP contribution >= 0.6 is 0 Å². The standard InChI is InChI=1S/C13H15N3O3/c1-8-6-11(17)16(9(2)12(8)13(18)19)7-10-4-5-14-15(10)3/h4-6H,7H2,1-3H3,(H,18,19). The molecule has 1 N–H and O–H groups in total. The molecule has 0 amide bonds. The molecule has 2 aromatic rings. The predicted octanol–water partition coefficient (Wildman–Crippen LogP) is 0.945. The van der Waals surface area contributed by atoms with Gasteiger partial charge in [0.1, 0.15) is 0 Å². The Morgan fingerprint density at radius 3 is 2.63 bits per heavy atom. The van der Waals surface area contributed by atoms with E-state index >= 15 is 0 Å². The SMILES string of the molecule is Cc1cc(=O)n(Cc2ccnn2C)c(C)c1C(=O)O. The zero-order valence-corrected chi connectivity index (χ0v) is 11.0. The summed E-state index contributed by atoms with van der Waals surface area (Å²) in [6.07, 6.45) is 1.64. The van der Waals surface area contributed by atoms with Crippen LogP contribution < -0.4 is 5.56 Å².